The molecule has 1 atom stereocenters. The third kappa shape index (κ3) is 3.92. The molecule has 2 heterocycles. The van der Waals surface area contributed by atoms with Gasteiger partial charge in [-0.3, -0.25) is 14.6 Å². The topological polar surface area (TPSA) is 89.0 Å². The molecular formula is C25H22N2O5. The number of hydrogen-bond acceptors (Lipinski definition) is 6. The van der Waals surface area contributed by atoms with Crippen LogP contribution in [0.25, 0.3) is 5.76 Å². The zero-order chi connectivity index (χ0) is 22.7. The molecule has 1 aromatic heterocycles. The molecule has 162 valence electrons. The van der Waals surface area contributed by atoms with Crippen LogP contribution in [0.2, 0.25) is 0 Å². The standard InChI is InChI=1S/C25H22N2O5/c1-31-19-9-3-7-17(12-19)22-21(23(28)18-8-4-10-20(13-18)32-2)24(29)25(30)27(22)15-16-6-5-11-26-14-16/h3-14,22,28H,15H2,1-2H3/b23-21+/t22-/m0/s1. The average molecular weight is 430 g/mol. The molecule has 32 heavy (non-hydrogen) atoms. The summed E-state index contributed by atoms with van der Waals surface area (Å²) in [7, 11) is 3.06. The van der Waals surface area contributed by atoms with Gasteiger partial charge in [0.15, 0.2) is 0 Å². The van der Waals surface area contributed by atoms with Gasteiger partial charge in [-0.1, -0.05) is 30.3 Å². The van der Waals surface area contributed by atoms with Crippen LogP contribution in [-0.2, 0) is 16.1 Å². The van der Waals surface area contributed by atoms with Crippen molar-refractivity contribution < 1.29 is 24.2 Å². The molecule has 2 aromatic carbocycles. The number of rotatable bonds is 6. The van der Waals surface area contributed by atoms with E-state index in [1.54, 1.807) is 74.1 Å². The van der Waals surface area contributed by atoms with Crippen molar-refractivity contribution in [2.24, 2.45) is 0 Å². The number of ketones is 1. The van der Waals surface area contributed by atoms with Gasteiger partial charge in [0.1, 0.15) is 17.3 Å². The summed E-state index contributed by atoms with van der Waals surface area (Å²) in [5.74, 6) is -0.593. The molecule has 1 fully saturated rings. The van der Waals surface area contributed by atoms with Crippen molar-refractivity contribution in [3.8, 4) is 11.5 Å². The Balaban J connectivity index is 1.88. The molecule has 1 N–H and O–H groups in total. The van der Waals surface area contributed by atoms with E-state index in [0.717, 1.165) is 5.56 Å². The number of aliphatic hydroxyl groups excluding tert-OH is 1. The number of aliphatic hydroxyl groups is 1. The number of nitrogens with zero attached hydrogens (tertiary/aromatic N) is 2. The van der Waals surface area contributed by atoms with Crippen LogP contribution in [0.4, 0.5) is 0 Å². The molecule has 1 saturated heterocycles. The maximum absolute atomic E-state index is 13.1. The number of methoxy groups -OCH3 is 2. The van der Waals surface area contributed by atoms with Gasteiger partial charge in [-0.25, -0.2) is 0 Å². The molecule has 4 rings (SSSR count). The maximum atomic E-state index is 13.1. The summed E-state index contributed by atoms with van der Waals surface area (Å²) in [5, 5.41) is 11.2. The van der Waals surface area contributed by atoms with E-state index in [4.69, 9.17) is 9.47 Å². The van der Waals surface area contributed by atoms with Gasteiger partial charge in [0.25, 0.3) is 11.7 Å². The quantitative estimate of drug-likeness (QED) is 0.364. The number of hydrogen-bond donors (Lipinski definition) is 1. The van der Waals surface area contributed by atoms with Crippen molar-refractivity contribution >= 4 is 17.4 Å². The summed E-state index contributed by atoms with van der Waals surface area (Å²) < 4.78 is 10.6. The van der Waals surface area contributed by atoms with E-state index < -0.39 is 17.7 Å². The molecule has 1 aliphatic rings. The Morgan fingerprint density at radius 2 is 1.72 bits per heavy atom. The molecule has 0 radical (unpaired) electrons. The van der Waals surface area contributed by atoms with Crippen molar-refractivity contribution in [2.75, 3.05) is 14.2 Å². The van der Waals surface area contributed by atoms with Crippen molar-refractivity contribution in [3.63, 3.8) is 0 Å². The van der Waals surface area contributed by atoms with Crippen molar-refractivity contribution in [1.29, 1.82) is 0 Å². The SMILES string of the molecule is COc1cccc(/C(O)=C2\C(=O)C(=O)N(Cc3cccnc3)[C@H]2c2cccc(OC)c2)c1. The maximum Gasteiger partial charge on any atom is 0.295 e. The molecule has 0 aliphatic carbocycles. The highest BCUT2D eigenvalue weighted by Crippen LogP contribution is 2.41. The van der Waals surface area contributed by atoms with E-state index in [1.807, 2.05) is 6.07 Å². The Morgan fingerprint density at radius 1 is 1.00 bits per heavy atom. The number of likely N-dealkylation sites (tertiary alicyclic amines) is 1. The fraction of sp³-hybridized carbons (Fsp3) is 0.160. The van der Waals surface area contributed by atoms with E-state index in [0.29, 0.717) is 22.6 Å². The van der Waals surface area contributed by atoms with E-state index in [1.165, 1.54) is 12.0 Å². The first kappa shape index (κ1) is 21.1. The molecule has 7 heteroatoms. The number of carbonyl (C=O) groups excluding carboxylic acids is 2. The number of carbonyl (C=O) groups is 2. The van der Waals surface area contributed by atoms with Crippen LogP contribution in [0.5, 0.6) is 11.5 Å². The summed E-state index contributed by atoms with van der Waals surface area (Å²) in [6.07, 6.45) is 3.28. The van der Waals surface area contributed by atoms with Gasteiger partial charge in [0, 0.05) is 24.5 Å². The van der Waals surface area contributed by atoms with E-state index in [2.05, 4.69) is 4.98 Å². The molecule has 0 spiro atoms. The van der Waals surface area contributed by atoms with Crippen LogP contribution in [0, 0.1) is 0 Å². The highest BCUT2D eigenvalue weighted by molar-refractivity contribution is 6.46. The van der Waals surface area contributed by atoms with Crippen molar-refractivity contribution in [3.05, 3.63) is 95.3 Å². The molecule has 0 bridgehead atoms. The predicted octanol–water partition coefficient (Wildman–Crippen LogP) is 3.72. The van der Waals surface area contributed by atoms with E-state index >= 15 is 0 Å². The predicted molar refractivity (Wildman–Crippen MR) is 118 cm³/mol. The van der Waals surface area contributed by atoms with Crippen LogP contribution in [0.15, 0.2) is 78.6 Å². The summed E-state index contributed by atoms with van der Waals surface area (Å²) in [4.78, 5) is 31.7. The second-order valence-corrected chi connectivity index (χ2v) is 7.30. The second kappa shape index (κ2) is 8.93. The van der Waals surface area contributed by atoms with Crippen LogP contribution < -0.4 is 9.47 Å². The summed E-state index contributed by atoms with van der Waals surface area (Å²) in [5.41, 5.74) is 1.82. The lowest BCUT2D eigenvalue weighted by molar-refractivity contribution is -0.140. The smallest absolute Gasteiger partial charge is 0.295 e. The average Bonchev–Trinajstić information content (AvgIpc) is 3.09. The minimum absolute atomic E-state index is 0.0143. The minimum Gasteiger partial charge on any atom is -0.507 e. The van der Waals surface area contributed by atoms with Gasteiger partial charge in [-0.05, 0) is 41.5 Å². The fourth-order valence-corrected chi connectivity index (χ4v) is 3.82. The van der Waals surface area contributed by atoms with Crippen LogP contribution in [0.3, 0.4) is 0 Å². The van der Waals surface area contributed by atoms with E-state index in [9.17, 15) is 14.7 Å². The van der Waals surface area contributed by atoms with Gasteiger partial charge in [0.05, 0.1) is 25.8 Å². The summed E-state index contributed by atoms with van der Waals surface area (Å²) in [6.45, 7) is 0.162. The van der Waals surface area contributed by atoms with Crippen molar-refractivity contribution in [2.45, 2.75) is 12.6 Å². The highest BCUT2D eigenvalue weighted by Gasteiger charge is 2.46. The molecule has 0 unspecified atom stereocenters. The minimum atomic E-state index is -0.795. The van der Waals surface area contributed by atoms with Crippen LogP contribution in [0.1, 0.15) is 22.7 Å². The molecule has 1 aliphatic heterocycles. The molecule has 1 amide bonds. The largest absolute Gasteiger partial charge is 0.507 e. The van der Waals surface area contributed by atoms with Gasteiger partial charge in [-0.15, -0.1) is 0 Å². The lowest BCUT2D eigenvalue weighted by atomic mass is 9.95. The third-order valence-corrected chi connectivity index (χ3v) is 5.37. The zero-order valence-electron chi connectivity index (χ0n) is 17.7. The Morgan fingerprint density at radius 3 is 2.41 bits per heavy atom. The molecule has 7 nitrogen and oxygen atoms in total. The Kier molecular flexibility index (Phi) is 5.89. The lowest BCUT2D eigenvalue weighted by Crippen LogP contribution is -2.29. The molecular weight excluding hydrogens is 408 g/mol. The third-order valence-electron chi connectivity index (χ3n) is 5.37. The first-order valence-corrected chi connectivity index (χ1v) is 9.99. The van der Waals surface area contributed by atoms with Gasteiger partial charge < -0.3 is 19.5 Å². The second-order valence-electron chi connectivity index (χ2n) is 7.30. The Bertz CT molecular complexity index is 1190. The summed E-state index contributed by atoms with van der Waals surface area (Å²) >= 11 is 0. The van der Waals surface area contributed by atoms with Crippen LogP contribution in [-0.4, -0.2) is 40.9 Å². The molecule has 0 saturated carbocycles. The number of pyridine rings is 1. The number of amides is 1. The highest BCUT2D eigenvalue weighted by atomic mass is 16.5. The monoisotopic (exact) mass is 430 g/mol. The first-order chi connectivity index (χ1) is 15.5. The Labute approximate surface area is 185 Å². The number of Topliss-reactive ketones (excluding diaryl/α,β-unsaturated/α-hetero) is 1. The van der Waals surface area contributed by atoms with Crippen LogP contribution >= 0.6 is 0 Å². The normalized spacial score (nSPS) is 17.4. The number of benzene rings is 2. The fourth-order valence-electron chi connectivity index (χ4n) is 3.82. The number of aromatic nitrogens is 1. The van der Waals surface area contributed by atoms with E-state index in [-0.39, 0.29) is 17.9 Å². The zero-order valence-corrected chi connectivity index (χ0v) is 17.7. The number of ether oxygens (including phenoxy) is 2. The lowest BCUT2D eigenvalue weighted by Gasteiger charge is -2.25. The van der Waals surface area contributed by atoms with Gasteiger partial charge in [0.2, 0.25) is 0 Å². The van der Waals surface area contributed by atoms with Crippen molar-refractivity contribution in [1.82, 2.24) is 9.88 Å². The van der Waals surface area contributed by atoms with Gasteiger partial charge in [-0.2, -0.15) is 0 Å². The van der Waals surface area contributed by atoms with Gasteiger partial charge >= 0.3 is 0 Å². The first-order valence-electron chi connectivity index (χ1n) is 9.99. The Hall–Kier alpha value is -4.13. The summed E-state index contributed by atoms with van der Waals surface area (Å²) in [6, 6.07) is 16.6. The molecule has 3 aromatic rings.